The maximum absolute atomic E-state index is 12.0. The number of esters is 1. The molecule has 5 heteroatoms. The van der Waals surface area contributed by atoms with E-state index in [1.54, 1.807) is 0 Å². The highest BCUT2D eigenvalue weighted by Crippen LogP contribution is 2.40. The summed E-state index contributed by atoms with van der Waals surface area (Å²) in [6, 6.07) is 8.33. The maximum Gasteiger partial charge on any atom is 0.305 e. The molecular weight excluding hydrogens is 298 g/mol. The van der Waals surface area contributed by atoms with E-state index in [0.29, 0.717) is 25.3 Å². The van der Waals surface area contributed by atoms with Gasteiger partial charge in [0.15, 0.2) is 0 Å². The number of thioether (sulfide) groups is 1. The summed E-state index contributed by atoms with van der Waals surface area (Å²) >= 11 is 1.83. The Morgan fingerprint density at radius 3 is 2.91 bits per heavy atom. The molecule has 0 saturated carbocycles. The zero-order valence-electron chi connectivity index (χ0n) is 13.0. The number of carbonyl (C=O) groups excluding carboxylic acids is 2. The Kier molecular flexibility index (Phi) is 6.77. The minimum absolute atomic E-state index is 0.121. The highest BCUT2D eigenvalue weighted by molar-refractivity contribution is 7.99. The monoisotopic (exact) mass is 321 g/mol. The number of methoxy groups -OCH3 is 1. The SMILES string of the molecule is COC(=O)CCCCCNC(=O)CC1CSc2ccccc21. The summed E-state index contributed by atoms with van der Waals surface area (Å²) in [5.41, 5.74) is 1.31. The molecule has 0 saturated heterocycles. The van der Waals surface area contributed by atoms with Crippen LogP contribution in [0, 0.1) is 0 Å². The van der Waals surface area contributed by atoms with E-state index in [2.05, 4.69) is 22.2 Å². The number of nitrogens with one attached hydrogen (secondary N) is 1. The molecule has 1 amide bonds. The summed E-state index contributed by atoms with van der Waals surface area (Å²) in [7, 11) is 1.40. The van der Waals surface area contributed by atoms with Crippen LogP contribution in [0.3, 0.4) is 0 Å². The van der Waals surface area contributed by atoms with Crippen LogP contribution in [-0.2, 0) is 14.3 Å². The average molecular weight is 321 g/mol. The van der Waals surface area contributed by atoms with Gasteiger partial charge in [0, 0.05) is 36.0 Å². The van der Waals surface area contributed by atoms with Gasteiger partial charge in [0.2, 0.25) is 5.91 Å². The van der Waals surface area contributed by atoms with Crippen molar-refractivity contribution in [1.29, 1.82) is 0 Å². The standard InChI is InChI=1S/C17H23NO3S/c1-21-17(20)9-3-2-6-10-18-16(19)11-13-12-22-15-8-5-4-7-14(13)15/h4-5,7-8,13H,2-3,6,9-12H2,1H3,(H,18,19). The number of amides is 1. The molecule has 1 heterocycles. The number of hydrogen-bond donors (Lipinski definition) is 1. The Bertz CT molecular complexity index is 518. The molecular formula is C17H23NO3S. The number of carbonyl (C=O) groups is 2. The van der Waals surface area contributed by atoms with E-state index >= 15 is 0 Å². The van der Waals surface area contributed by atoms with Crippen LogP contribution in [0.2, 0.25) is 0 Å². The molecule has 1 aromatic rings. The van der Waals surface area contributed by atoms with Gasteiger partial charge < -0.3 is 10.1 Å². The molecule has 0 aliphatic carbocycles. The van der Waals surface area contributed by atoms with E-state index in [9.17, 15) is 9.59 Å². The van der Waals surface area contributed by atoms with Crippen molar-refractivity contribution in [3.63, 3.8) is 0 Å². The Hall–Kier alpha value is -1.49. The van der Waals surface area contributed by atoms with Crippen LogP contribution in [0.25, 0.3) is 0 Å². The van der Waals surface area contributed by atoms with Crippen LogP contribution in [0.4, 0.5) is 0 Å². The molecule has 22 heavy (non-hydrogen) atoms. The number of rotatable bonds is 8. The lowest BCUT2D eigenvalue weighted by Gasteiger charge is -2.11. The normalized spacial score (nSPS) is 16.1. The van der Waals surface area contributed by atoms with Gasteiger partial charge in [-0.15, -0.1) is 11.8 Å². The first kappa shape index (κ1) is 16.9. The number of benzene rings is 1. The smallest absolute Gasteiger partial charge is 0.305 e. The lowest BCUT2D eigenvalue weighted by Crippen LogP contribution is -2.26. The second-order valence-electron chi connectivity index (χ2n) is 5.49. The molecule has 1 N–H and O–H groups in total. The maximum atomic E-state index is 12.0. The van der Waals surface area contributed by atoms with Crippen molar-refractivity contribution >= 4 is 23.6 Å². The zero-order chi connectivity index (χ0) is 15.8. The highest BCUT2D eigenvalue weighted by Gasteiger charge is 2.24. The highest BCUT2D eigenvalue weighted by atomic mass is 32.2. The van der Waals surface area contributed by atoms with E-state index in [1.165, 1.54) is 17.6 Å². The molecule has 4 nitrogen and oxygen atoms in total. The number of fused-ring (bicyclic) bond motifs is 1. The second-order valence-corrected chi connectivity index (χ2v) is 6.55. The quantitative estimate of drug-likeness (QED) is 0.590. The van der Waals surface area contributed by atoms with E-state index in [0.717, 1.165) is 25.0 Å². The third-order valence-corrected chi connectivity index (χ3v) is 5.09. The van der Waals surface area contributed by atoms with Crippen molar-refractivity contribution < 1.29 is 14.3 Å². The Morgan fingerprint density at radius 1 is 1.27 bits per heavy atom. The predicted octanol–water partition coefficient (Wildman–Crippen LogP) is 3.12. The second kappa shape index (κ2) is 8.83. The number of hydrogen-bond acceptors (Lipinski definition) is 4. The van der Waals surface area contributed by atoms with Gasteiger partial charge in [-0.25, -0.2) is 0 Å². The molecule has 0 spiro atoms. The first-order valence-corrected chi connectivity index (χ1v) is 8.74. The van der Waals surface area contributed by atoms with E-state index in [1.807, 2.05) is 23.9 Å². The molecule has 1 atom stereocenters. The van der Waals surface area contributed by atoms with Gasteiger partial charge in [0.1, 0.15) is 0 Å². The van der Waals surface area contributed by atoms with Gasteiger partial charge in [-0.1, -0.05) is 24.6 Å². The van der Waals surface area contributed by atoms with Crippen molar-refractivity contribution in [3.05, 3.63) is 29.8 Å². The number of unbranched alkanes of at least 4 members (excludes halogenated alkanes) is 2. The fourth-order valence-corrected chi connectivity index (χ4v) is 3.85. The average Bonchev–Trinajstić information content (AvgIpc) is 2.93. The zero-order valence-corrected chi connectivity index (χ0v) is 13.8. The van der Waals surface area contributed by atoms with Gasteiger partial charge in [-0.3, -0.25) is 9.59 Å². The Labute approximate surface area is 136 Å². The molecule has 1 aliphatic heterocycles. The van der Waals surface area contributed by atoms with Crippen LogP contribution in [0.5, 0.6) is 0 Å². The summed E-state index contributed by atoms with van der Waals surface area (Å²) in [5.74, 6) is 1.28. The molecule has 0 fully saturated rings. The third-order valence-electron chi connectivity index (χ3n) is 3.84. The summed E-state index contributed by atoms with van der Waals surface area (Å²) in [6.07, 6.45) is 3.66. The van der Waals surface area contributed by atoms with Crippen molar-refractivity contribution in [2.75, 3.05) is 19.4 Å². The van der Waals surface area contributed by atoms with Gasteiger partial charge >= 0.3 is 5.97 Å². The van der Waals surface area contributed by atoms with Crippen LogP contribution in [0.15, 0.2) is 29.2 Å². The molecule has 0 radical (unpaired) electrons. The molecule has 1 aromatic carbocycles. The predicted molar refractivity (Wildman–Crippen MR) is 88.0 cm³/mol. The minimum atomic E-state index is -0.165. The first-order valence-electron chi connectivity index (χ1n) is 7.76. The van der Waals surface area contributed by atoms with Gasteiger partial charge in [-0.05, 0) is 24.5 Å². The summed E-state index contributed by atoms with van der Waals surface area (Å²) in [4.78, 5) is 24.3. The largest absolute Gasteiger partial charge is 0.469 e. The van der Waals surface area contributed by atoms with E-state index < -0.39 is 0 Å². The summed E-state index contributed by atoms with van der Waals surface area (Å²) in [6.45, 7) is 0.682. The minimum Gasteiger partial charge on any atom is -0.469 e. The topological polar surface area (TPSA) is 55.4 Å². The summed E-state index contributed by atoms with van der Waals surface area (Å²) in [5, 5.41) is 2.98. The Balaban J connectivity index is 1.60. The van der Waals surface area contributed by atoms with Crippen molar-refractivity contribution in [2.45, 2.75) is 42.9 Å². The van der Waals surface area contributed by atoms with Gasteiger partial charge in [0.25, 0.3) is 0 Å². The fourth-order valence-electron chi connectivity index (χ4n) is 2.60. The van der Waals surface area contributed by atoms with Crippen molar-refractivity contribution in [3.8, 4) is 0 Å². The molecule has 120 valence electrons. The first-order chi connectivity index (χ1) is 10.7. The molecule has 1 aliphatic rings. The van der Waals surface area contributed by atoms with Crippen LogP contribution in [-0.4, -0.2) is 31.3 Å². The molecule has 0 aromatic heterocycles. The van der Waals surface area contributed by atoms with E-state index in [4.69, 9.17) is 0 Å². The summed E-state index contributed by atoms with van der Waals surface area (Å²) < 4.78 is 4.59. The lowest BCUT2D eigenvalue weighted by atomic mass is 9.97. The third kappa shape index (κ3) is 5.05. The number of ether oxygens (including phenoxy) is 1. The van der Waals surface area contributed by atoms with Gasteiger partial charge in [-0.2, -0.15) is 0 Å². The molecule has 2 rings (SSSR count). The van der Waals surface area contributed by atoms with Crippen molar-refractivity contribution in [2.24, 2.45) is 0 Å². The fraction of sp³-hybridized carbons (Fsp3) is 0.529. The lowest BCUT2D eigenvalue weighted by molar-refractivity contribution is -0.140. The van der Waals surface area contributed by atoms with Gasteiger partial charge in [0.05, 0.1) is 7.11 Å². The molecule has 1 unspecified atom stereocenters. The molecule has 0 bridgehead atoms. The van der Waals surface area contributed by atoms with Crippen molar-refractivity contribution in [1.82, 2.24) is 5.32 Å². The van der Waals surface area contributed by atoms with Crippen LogP contribution < -0.4 is 5.32 Å². The Morgan fingerprint density at radius 2 is 2.09 bits per heavy atom. The van der Waals surface area contributed by atoms with Crippen LogP contribution in [0.1, 0.15) is 43.6 Å². The van der Waals surface area contributed by atoms with Crippen LogP contribution >= 0.6 is 11.8 Å². The van der Waals surface area contributed by atoms with E-state index in [-0.39, 0.29) is 11.9 Å².